The molecule has 3 aromatic rings. The third-order valence-electron chi connectivity index (χ3n) is 6.06. The van der Waals surface area contributed by atoms with Crippen molar-refractivity contribution in [1.29, 1.82) is 0 Å². The Kier molecular flexibility index (Phi) is 10.1. The molecule has 0 bridgehead atoms. The molecule has 2 aromatic carbocycles. The summed E-state index contributed by atoms with van der Waals surface area (Å²) in [6.45, 7) is 5.35. The van der Waals surface area contributed by atoms with Gasteiger partial charge in [0.25, 0.3) is 0 Å². The van der Waals surface area contributed by atoms with Gasteiger partial charge in [-0.15, -0.1) is 0 Å². The standard InChI is InChI=1S/C30H38NO4/c1-5-7-8-9-10-15-29(32)35-30-27(33-3)21-23(22-28(30)34-4)16-17-24-18-20-31(19-6-2)26-14-12-11-13-25(24)26/h11-14,16-18,20-22H,5-10,15,19H2,1-4H3/q+1. The fourth-order valence-electron chi connectivity index (χ4n) is 4.21. The number of benzene rings is 2. The average molecular weight is 477 g/mol. The maximum atomic E-state index is 12.4. The molecule has 5 heteroatoms. The highest BCUT2D eigenvalue weighted by atomic mass is 16.6. The summed E-state index contributed by atoms with van der Waals surface area (Å²) in [5.41, 5.74) is 3.24. The number of esters is 1. The van der Waals surface area contributed by atoms with E-state index in [-0.39, 0.29) is 5.97 Å². The molecule has 0 N–H and O–H groups in total. The smallest absolute Gasteiger partial charge is 0.311 e. The van der Waals surface area contributed by atoms with Gasteiger partial charge >= 0.3 is 5.97 Å². The highest BCUT2D eigenvalue weighted by molar-refractivity contribution is 5.89. The van der Waals surface area contributed by atoms with Crippen molar-refractivity contribution in [2.75, 3.05) is 14.2 Å². The zero-order chi connectivity index (χ0) is 25.0. The lowest BCUT2D eigenvalue weighted by molar-refractivity contribution is -0.671. The van der Waals surface area contributed by atoms with Crippen LogP contribution >= 0.6 is 0 Å². The summed E-state index contributed by atoms with van der Waals surface area (Å²) in [7, 11) is 3.14. The van der Waals surface area contributed by atoms with Gasteiger partial charge in [0.05, 0.1) is 19.6 Å². The first kappa shape index (κ1) is 26.3. The van der Waals surface area contributed by atoms with Crippen molar-refractivity contribution in [2.45, 2.75) is 65.3 Å². The van der Waals surface area contributed by atoms with Gasteiger partial charge in [-0.1, -0.05) is 63.8 Å². The maximum Gasteiger partial charge on any atom is 0.311 e. The fraction of sp³-hybridized carbons (Fsp3) is 0.400. The molecule has 0 saturated carbocycles. The number of unbranched alkanes of at least 4 members (excludes halogenated alkanes) is 4. The summed E-state index contributed by atoms with van der Waals surface area (Å²) >= 11 is 0. The van der Waals surface area contributed by atoms with E-state index in [1.807, 2.05) is 18.2 Å². The number of para-hydroxylation sites is 1. The Labute approximate surface area is 209 Å². The molecule has 186 valence electrons. The topological polar surface area (TPSA) is 48.6 Å². The van der Waals surface area contributed by atoms with Gasteiger partial charge in [0, 0.05) is 25.0 Å². The van der Waals surface area contributed by atoms with Crippen LogP contribution in [0.2, 0.25) is 0 Å². The Morgan fingerprint density at radius 3 is 2.29 bits per heavy atom. The van der Waals surface area contributed by atoms with Crippen molar-refractivity contribution in [3.8, 4) is 17.2 Å². The zero-order valence-electron chi connectivity index (χ0n) is 21.5. The third kappa shape index (κ3) is 7.08. The minimum Gasteiger partial charge on any atom is -0.493 e. The van der Waals surface area contributed by atoms with Crippen molar-refractivity contribution in [3.05, 3.63) is 59.8 Å². The molecule has 0 saturated heterocycles. The number of fused-ring (bicyclic) bond motifs is 1. The molecular formula is C30H38NO4+. The molecule has 0 unspecified atom stereocenters. The number of hydrogen-bond acceptors (Lipinski definition) is 4. The number of carbonyl (C=O) groups is 1. The fourth-order valence-corrected chi connectivity index (χ4v) is 4.21. The van der Waals surface area contributed by atoms with Crippen molar-refractivity contribution in [2.24, 2.45) is 0 Å². The molecule has 0 radical (unpaired) electrons. The van der Waals surface area contributed by atoms with Gasteiger partial charge in [-0.25, -0.2) is 0 Å². The highest BCUT2D eigenvalue weighted by Gasteiger charge is 2.17. The monoisotopic (exact) mass is 476 g/mol. The third-order valence-corrected chi connectivity index (χ3v) is 6.06. The Bertz CT molecular complexity index is 1130. The Morgan fingerprint density at radius 1 is 0.886 bits per heavy atom. The van der Waals surface area contributed by atoms with E-state index >= 15 is 0 Å². The van der Waals surface area contributed by atoms with Crippen molar-refractivity contribution >= 4 is 29.0 Å². The van der Waals surface area contributed by atoms with Gasteiger partial charge in [0.2, 0.25) is 11.3 Å². The van der Waals surface area contributed by atoms with Crippen molar-refractivity contribution in [1.82, 2.24) is 0 Å². The number of aromatic nitrogens is 1. The lowest BCUT2D eigenvalue weighted by Crippen LogP contribution is -2.33. The predicted molar refractivity (Wildman–Crippen MR) is 142 cm³/mol. The van der Waals surface area contributed by atoms with E-state index in [4.69, 9.17) is 14.2 Å². The molecule has 3 rings (SSSR count). The van der Waals surface area contributed by atoms with Gasteiger partial charge < -0.3 is 14.2 Å². The van der Waals surface area contributed by atoms with E-state index < -0.39 is 0 Å². The summed E-state index contributed by atoms with van der Waals surface area (Å²) in [5.74, 6) is 1.01. The van der Waals surface area contributed by atoms with Gasteiger partial charge in [-0.3, -0.25) is 4.79 Å². The van der Waals surface area contributed by atoms with Crippen LogP contribution in [0.25, 0.3) is 23.1 Å². The first-order valence-corrected chi connectivity index (χ1v) is 12.7. The van der Waals surface area contributed by atoms with Crippen LogP contribution in [0.4, 0.5) is 0 Å². The average Bonchev–Trinajstić information content (AvgIpc) is 2.88. The van der Waals surface area contributed by atoms with Crippen LogP contribution in [0.15, 0.2) is 48.7 Å². The summed E-state index contributed by atoms with van der Waals surface area (Å²) in [4.78, 5) is 12.4. The number of rotatable bonds is 13. The van der Waals surface area contributed by atoms with Crippen molar-refractivity contribution < 1.29 is 23.6 Å². The van der Waals surface area contributed by atoms with Crippen LogP contribution in [-0.2, 0) is 11.3 Å². The molecule has 0 amide bonds. The van der Waals surface area contributed by atoms with Crippen LogP contribution in [0.1, 0.15) is 69.9 Å². The molecule has 1 heterocycles. The van der Waals surface area contributed by atoms with Gasteiger partial charge in [-0.2, -0.15) is 4.57 Å². The summed E-state index contributed by atoms with van der Waals surface area (Å²) in [6.07, 6.45) is 13.1. The minimum atomic E-state index is -0.266. The largest absolute Gasteiger partial charge is 0.493 e. The highest BCUT2D eigenvalue weighted by Crippen LogP contribution is 2.39. The van der Waals surface area contributed by atoms with E-state index in [2.05, 4.69) is 61.0 Å². The molecule has 0 aliphatic rings. The van der Waals surface area contributed by atoms with E-state index in [9.17, 15) is 4.79 Å². The first-order chi connectivity index (χ1) is 17.1. The van der Waals surface area contributed by atoms with Crippen LogP contribution in [-0.4, -0.2) is 20.2 Å². The second-order valence-corrected chi connectivity index (χ2v) is 8.71. The molecule has 5 nitrogen and oxygen atoms in total. The van der Waals surface area contributed by atoms with E-state index in [0.29, 0.717) is 23.7 Å². The van der Waals surface area contributed by atoms with Gasteiger partial charge in [0.15, 0.2) is 17.7 Å². The number of methoxy groups -OCH3 is 2. The number of ether oxygens (including phenoxy) is 3. The van der Waals surface area contributed by atoms with E-state index in [1.165, 1.54) is 23.7 Å². The summed E-state index contributed by atoms with van der Waals surface area (Å²) < 4.78 is 19.1. The molecular weight excluding hydrogens is 438 g/mol. The predicted octanol–water partition coefficient (Wildman–Crippen LogP) is 6.99. The van der Waals surface area contributed by atoms with Gasteiger partial charge in [0.1, 0.15) is 6.54 Å². The Morgan fingerprint density at radius 2 is 1.60 bits per heavy atom. The Hall–Kier alpha value is -3.34. The van der Waals surface area contributed by atoms with Crippen LogP contribution in [0.5, 0.6) is 17.2 Å². The molecule has 0 atom stereocenters. The minimum absolute atomic E-state index is 0.266. The normalized spacial score (nSPS) is 11.2. The van der Waals surface area contributed by atoms with E-state index in [1.54, 1.807) is 14.2 Å². The Balaban J connectivity index is 1.81. The van der Waals surface area contributed by atoms with Crippen LogP contribution in [0.3, 0.4) is 0 Å². The molecule has 1 aromatic heterocycles. The molecule has 0 aliphatic heterocycles. The second kappa shape index (κ2) is 13.5. The van der Waals surface area contributed by atoms with Crippen LogP contribution < -0.4 is 18.8 Å². The lowest BCUT2D eigenvalue weighted by atomic mass is 10.1. The molecule has 35 heavy (non-hydrogen) atoms. The number of pyridine rings is 1. The quantitative estimate of drug-likeness (QED) is 0.115. The summed E-state index contributed by atoms with van der Waals surface area (Å²) in [6, 6.07) is 14.3. The number of carbonyl (C=O) groups excluding carboxylic acids is 1. The lowest BCUT2D eigenvalue weighted by Gasteiger charge is -2.14. The number of hydrogen-bond donors (Lipinski definition) is 0. The second-order valence-electron chi connectivity index (χ2n) is 8.71. The van der Waals surface area contributed by atoms with Gasteiger partial charge in [-0.05, 0) is 35.7 Å². The maximum absolute atomic E-state index is 12.4. The SMILES string of the molecule is CCCCCCCC(=O)Oc1c(OC)cc(C=Cc2cc[n+](CCC)c3ccccc23)cc1OC. The van der Waals surface area contributed by atoms with Crippen molar-refractivity contribution in [3.63, 3.8) is 0 Å². The molecule has 0 aliphatic carbocycles. The summed E-state index contributed by atoms with van der Waals surface area (Å²) in [5, 5.41) is 1.20. The first-order valence-electron chi connectivity index (χ1n) is 12.7. The number of nitrogens with zero attached hydrogens (tertiary/aromatic N) is 1. The molecule has 0 spiro atoms. The molecule has 0 fully saturated rings. The van der Waals surface area contributed by atoms with E-state index in [0.717, 1.165) is 43.4 Å². The van der Waals surface area contributed by atoms with Crippen LogP contribution in [0, 0.1) is 0 Å². The number of aryl methyl sites for hydroxylation is 1. The zero-order valence-corrected chi connectivity index (χ0v) is 21.5.